The van der Waals surface area contributed by atoms with Gasteiger partial charge in [0.05, 0.1) is 12.0 Å². The molecule has 3 rings (SSSR count). The lowest BCUT2D eigenvalue weighted by Gasteiger charge is -2.13. The van der Waals surface area contributed by atoms with Crippen molar-refractivity contribution in [1.29, 1.82) is 0 Å². The lowest BCUT2D eigenvalue weighted by Crippen LogP contribution is -2.05. The molecule has 22 heavy (non-hydrogen) atoms. The summed E-state index contributed by atoms with van der Waals surface area (Å²) in [5.74, 6) is 0.747. The number of methoxy groups -OCH3 is 1. The van der Waals surface area contributed by atoms with Crippen LogP contribution in [0.15, 0.2) is 42.7 Å². The number of aliphatic hydroxyl groups is 1. The molecule has 0 saturated heterocycles. The van der Waals surface area contributed by atoms with Gasteiger partial charge in [-0.3, -0.25) is 0 Å². The number of fused-ring (bicyclic) bond motifs is 1. The van der Waals surface area contributed by atoms with Crippen LogP contribution in [0, 0.1) is 5.82 Å². The third kappa shape index (κ3) is 2.66. The monoisotopic (exact) mass is 302 g/mol. The summed E-state index contributed by atoms with van der Waals surface area (Å²) in [6.45, 7) is -0.158. The second-order valence-corrected chi connectivity index (χ2v) is 4.74. The minimum Gasteiger partial charge on any atom is -0.457 e. The Morgan fingerprint density at radius 3 is 2.73 bits per heavy atom. The van der Waals surface area contributed by atoms with E-state index in [0.717, 1.165) is 10.9 Å². The van der Waals surface area contributed by atoms with Crippen LogP contribution in [0.25, 0.3) is 11.0 Å². The fourth-order valence-corrected chi connectivity index (χ4v) is 2.32. The summed E-state index contributed by atoms with van der Waals surface area (Å²) in [5.41, 5.74) is 1.38. The number of ether oxygens (including phenoxy) is 2. The van der Waals surface area contributed by atoms with Crippen LogP contribution in [0.5, 0.6) is 11.5 Å². The number of nitrogens with zero attached hydrogens (tertiary/aromatic N) is 1. The Bertz CT molecular complexity index is 767. The minimum absolute atomic E-state index is 0.158. The van der Waals surface area contributed by atoms with Gasteiger partial charge in [-0.2, -0.15) is 0 Å². The van der Waals surface area contributed by atoms with Crippen molar-refractivity contribution in [2.24, 2.45) is 0 Å². The third-order valence-electron chi connectivity index (χ3n) is 3.40. The van der Waals surface area contributed by atoms with Gasteiger partial charge in [-0.1, -0.05) is 0 Å². The van der Waals surface area contributed by atoms with Crippen molar-refractivity contribution >= 4 is 11.0 Å². The molecule has 2 aromatic heterocycles. The predicted molar refractivity (Wildman–Crippen MR) is 79.4 cm³/mol. The van der Waals surface area contributed by atoms with Crippen LogP contribution in [0.4, 0.5) is 4.39 Å². The zero-order valence-corrected chi connectivity index (χ0v) is 11.9. The largest absolute Gasteiger partial charge is 0.457 e. The van der Waals surface area contributed by atoms with Crippen molar-refractivity contribution in [2.75, 3.05) is 13.7 Å². The van der Waals surface area contributed by atoms with Crippen molar-refractivity contribution in [3.63, 3.8) is 0 Å². The van der Waals surface area contributed by atoms with E-state index in [1.807, 2.05) is 0 Å². The molecule has 1 atom stereocenters. The number of hydrogen-bond donors (Lipinski definition) is 2. The smallest absolute Gasteiger partial charge is 0.141 e. The number of rotatable bonds is 5. The molecule has 0 fully saturated rings. The lowest BCUT2D eigenvalue weighted by atomic mass is 10.1. The van der Waals surface area contributed by atoms with Crippen molar-refractivity contribution in [1.82, 2.24) is 9.97 Å². The number of H-pyrrole nitrogens is 1. The fourth-order valence-electron chi connectivity index (χ4n) is 2.32. The standard InChI is InChI=1S/C16H15FN2O3/c1-21-14(9-20)12-8-19-16-15(12)13(6-7-18-16)22-11-4-2-10(17)3-5-11/h2-8,14,20H,9H2,1H3,(H,18,19). The molecule has 0 spiro atoms. The van der Waals surface area contributed by atoms with Crippen molar-refractivity contribution in [3.8, 4) is 11.5 Å². The number of nitrogens with one attached hydrogen (secondary N) is 1. The summed E-state index contributed by atoms with van der Waals surface area (Å²) in [6.07, 6.45) is 2.87. The van der Waals surface area contributed by atoms with Gasteiger partial charge in [-0.15, -0.1) is 0 Å². The molecule has 0 aliphatic heterocycles. The number of aromatic amines is 1. The summed E-state index contributed by atoms with van der Waals surface area (Å²) in [4.78, 5) is 7.27. The van der Waals surface area contributed by atoms with Gasteiger partial charge in [-0.25, -0.2) is 9.37 Å². The topological polar surface area (TPSA) is 67.4 Å². The van der Waals surface area contributed by atoms with Gasteiger partial charge < -0.3 is 19.6 Å². The highest BCUT2D eigenvalue weighted by Crippen LogP contribution is 2.34. The highest BCUT2D eigenvalue weighted by molar-refractivity contribution is 5.87. The van der Waals surface area contributed by atoms with E-state index in [2.05, 4.69) is 9.97 Å². The summed E-state index contributed by atoms with van der Waals surface area (Å²) in [5, 5.41) is 10.2. The Balaban J connectivity index is 2.05. The molecule has 2 N–H and O–H groups in total. The maximum Gasteiger partial charge on any atom is 0.141 e. The molecule has 0 aliphatic rings. The van der Waals surface area contributed by atoms with Crippen LogP contribution in [0.1, 0.15) is 11.7 Å². The van der Waals surface area contributed by atoms with E-state index in [1.165, 1.54) is 19.2 Å². The lowest BCUT2D eigenvalue weighted by molar-refractivity contribution is 0.0493. The predicted octanol–water partition coefficient (Wildman–Crippen LogP) is 3.17. The molecular formula is C16H15FN2O3. The maximum atomic E-state index is 13.0. The molecule has 0 radical (unpaired) electrons. The average Bonchev–Trinajstić information content (AvgIpc) is 2.96. The second kappa shape index (κ2) is 6.13. The van der Waals surface area contributed by atoms with Crippen LogP contribution >= 0.6 is 0 Å². The van der Waals surface area contributed by atoms with Crippen LogP contribution in [-0.2, 0) is 4.74 Å². The van der Waals surface area contributed by atoms with E-state index in [0.29, 0.717) is 17.1 Å². The first kappa shape index (κ1) is 14.5. The van der Waals surface area contributed by atoms with Crippen LogP contribution in [0.2, 0.25) is 0 Å². The number of benzene rings is 1. The summed E-state index contributed by atoms with van der Waals surface area (Å²) >= 11 is 0. The van der Waals surface area contributed by atoms with Crippen molar-refractivity contribution < 1.29 is 19.0 Å². The first-order valence-corrected chi connectivity index (χ1v) is 6.76. The Morgan fingerprint density at radius 1 is 1.27 bits per heavy atom. The molecule has 2 heterocycles. The number of aromatic nitrogens is 2. The summed E-state index contributed by atoms with van der Waals surface area (Å²) in [6, 6.07) is 7.48. The molecule has 0 amide bonds. The molecule has 6 heteroatoms. The third-order valence-corrected chi connectivity index (χ3v) is 3.40. The zero-order chi connectivity index (χ0) is 15.5. The quantitative estimate of drug-likeness (QED) is 0.759. The Morgan fingerprint density at radius 2 is 2.05 bits per heavy atom. The summed E-state index contributed by atoms with van der Waals surface area (Å²) in [7, 11) is 1.52. The average molecular weight is 302 g/mol. The van der Waals surface area contributed by atoms with Gasteiger partial charge in [-0.05, 0) is 30.3 Å². The highest BCUT2D eigenvalue weighted by Gasteiger charge is 2.18. The van der Waals surface area contributed by atoms with Crippen LogP contribution < -0.4 is 4.74 Å². The number of pyridine rings is 1. The van der Waals surface area contributed by atoms with Crippen LogP contribution in [-0.4, -0.2) is 28.8 Å². The first-order valence-electron chi connectivity index (χ1n) is 6.76. The molecule has 3 aromatic rings. The Kier molecular flexibility index (Phi) is 4.04. The highest BCUT2D eigenvalue weighted by atomic mass is 19.1. The van der Waals surface area contributed by atoms with E-state index < -0.39 is 6.10 Å². The molecular weight excluding hydrogens is 287 g/mol. The van der Waals surface area contributed by atoms with Crippen molar-refractivity contribution in [3.05, 3.63) is 54.1 Å². The number of aliphatic hydroxyl groups excluding tert-OH is 1. The van der Waals surface area contributed by atoms with E-state index in [-0.39, 0.29) is 12.4 Å². The van der Waals surface area contributed by atoms with E-state index in [4.69, 9.17) is 9.47 Å². The van der Waals surface area contributed by atoms with E-state index >= 15 is 0 Å². The van der Waals surface area contributed by atoms with Gasteiger partial charge in [0.15, 0.2) is 0 Å². The van der Waals surface area contributed by atoms with Gasteiger partial charge in [0.25, 0.3) is 0 Å². The molecule has 0 aliphatic carbocycles. The van der Waals surface area contributed by atoms with Crippen LogP contribution in [0.3, 0.4) is 0 Å². The van der Waals surface area contributed by atoms with E-state index in [1.54, 1.807) is 30.6 Å². The van der Waals surface area contributed by atoms with Gasteiger partial charge >= 0.3 is 0 Å². The Hall–Kier alpha value is -2.44. The molecule has 114 valence electrons. The number of hydrogen-bond acceptors (Lipinski definition) is 4. The van der Waals surface area contributed by atoms with Gasteiger partial charge in [0, 0.05) is 25.1 Å². The van der Waals surface area contributed by atoms with Gasteiger partial charge in [0.1, 0.15) is 29.1 Å². The second-order valence-electron chi connectivity index (χ2n) is 4.74. The summed E-state index contributed by atoms with van der Waals surface area (Å²) < 4.78 is 24.1. The van der Waals surface area contributed by atoms with Crippen molar-refractivity contribution in [2.45, 2.75) is 6.10 Å². The fraction of sp³-hybridized carbons (Fsp3) is 0.188. The molecule has 1 unspecified atom stereocenters. The normalized spacial score (nSPS) is 12.5. The molecule has 0 saturated carbocycles. The van der Waals surface area contributed by atoms with Gasteiger partial charge in [0.2, 0.25) is 0 Å². The Labute approximate surface area is 126 Å². The molecule has 0 bridgehead atoms. The SMILES string of the molecule is COC(CO)c1c[nH]c2nccc(Oc3ccc(F)cc3)c12. The molecule has 5 nitrogen and oxygen atoms in total. The maximum absolute atomic E-state index is 13.0. The zero-order valence-electron chi connectivity index (χ0n) is 11.9. The van der Waals surface area contributed by atoms with E-state index in [9.17, 15) is 9.50 Å². The minimum atomic E-state index is -0.478. The number of halogens is 1. The first-order chi connectivity index (χ1) is 10.7. The molecule has 1 aromatic carbocycles.